The van der Waals surface area contributed by atoms with E-state index < -0.39 is 5.54 Å². The molecule has 0 aliphatic heterocycles. The van der Waals surface area contributed by atoms with Gasteiger partial charge in [0.2, 0.25) is 5.91 Å². The van der Waals surface area contributed by atoms with Crippen LogP contribution in [-0.4, -0.2) is 11.4 Å². The number of benzene rings is 1. The van der Waals surface area contributed by atoms with Crippen LogP contribution in [0.15, 0.2) is 18.2 Å². The van der Waals surface area contributed by atoms with E-state index in [0.29, 0.717) is 15.7 Å². The van der Waals surface area contributed by atoms with Crippen LogP contribution in [-0.2, 0) is 4.79 Å². The van der Waals surface area contributed by atoms with Crippen molar-refractivity contribution in [2.24, 2.45) is 5.73 Å². The predicted octanol–water partition coefficient (Wildman–Crippen LogP) is 3.59. The zero-order chi connectivity index (χ0) is 13.2. The second kappa shape index (κ2) is 5.47. The summed E-state index contributed by atoms with van der Waals surface area (Å²) in [6, 6.07) is 5.01. The zero-order valence-electron chi connectivity index (χ0n) is 10.0. The number of halogens is 2. The van der Waals surface area contributed by atoms with E-state index in [9.17, 15) is 4.79 Å². The molecule has 3 nitrogen and oxygen atoms in total. The van der Waals surface area contributed by atoms with Crippen LogP contribution in [0.4, 0.5) is 5.69 Å². The van der Waals surface area contributed by atoms with Crippen molar-refractivity contribution >= 4 is 34.8 Å². The van der Waals surface area contributed by atoms with Gasteiger partial charge in [0.15, 0.2) is 0 Å². The van der Waals surface area contributed by atoms with Gasteiger partial charge in [-0.25, -0.2) is 0 Å². The molecule has 0 bridgehead atoms. The van der Waals surface area contributed by atoms with E-state index in [1.807, 2.05) is 0 Å². The van der Waals surface area contributed by atoms with Gasteiger partial charge in [-0.3, -0.25) is 4.79 Å². The highest BCUT2D eigenvalue weighted by atomic mass is 35.5. The second-order valence-electron chi connectivity index (χ2n) is 4.80. The van der Waals surface area contributed by atoms with E-state index in [1.165, 1.54) is 0 Å². The Kier molecular flexibility index (Phi) is 4.15. The van der Waals surface area contributed by atoms with Crippen molar-refractivity contribution in [3.05, 3.63) is 28.2 Å². The summed E-state index contributed by atoms with van der Waals surface area (Å²) in [7, 11) is 0. The summed E-state index contributed by atoms with van der Waals surface area (Å²) < 4.78 is 0. The lowest BCUT2D eigenvalue weighted by molar-refractivity contribution is -0.122. The fraction of sp³-hybridized carbons (Fsp3) is 0.462. The number of hydrogen-bond acceptors (Lipinski definition) is 2. The van der Waals surface area contributed by atoms with Gasteiger partial charge in [-0.2, -0.15) is 0 Å². The highest BCUT2D eigenvalue weighted by molar-refractivity contribution is 6.42. The number of carbonyl (C=O) groups excluding carboxylic acids is 1. The van der Waals surface area contributed by atoms with Crippen molar-refractivity contribution in [3.63, 3.8) is 0 Å². The summed E-state index contributed by atoms with van der Waals surface area (Å²) in [5, 5.41) is 3.70. The predicted molar refractivity (Wildman–Crippen MR) is 75.1 cm³/mol. The molecule has 0 atom stereocenters. The average molecular weight is 287 g/mol. The fourth-order valence-electron chi connectivity index (χ4n) is 2.24. The molecule has 1 amide bonds. The van der Waals surface area contributed by atoms with Crippen LogP contribution in [0.2, 0.25) is 10.0 Å². The molecule has 0 heterocycles. The first-order chi connectivity index (χ1) is 8.51. The Morgan fingerprint density at radius 2 is 1.83 bits per heavy atom. The number of nitrogens with two attached hydrogens (primary N) is 1. The minimum Gasteiger partial charge on any atom is -0.324 e. The molecule has 2 rings (SSSR count). The topological polar surface area (TPSA) is 55.1 Å². The third kappa shape index (κ3) is 2.97. The van der Waals surface area contributed by atoms with Gasteiger partial charge in [0.25, 0.3) is 0 Å². The maximum Gasteiger partial charge on any atom is 0.244 e. The van der Waals surface area contributed by atoms with Crippen LogP contribution < -0.4 is 11.1 Å². The number of carbonyl (C=O) groups is 1. The first-order valence-corrected chi connectivity index (χ1v) is 6.82. The van der Waals surface area contributed by atoms with E-state index in [4.69, 9.17) is 28.9 Å². The van der Waals surface area contributed by atoms with Crippen molar-refractivity contribution in [3.8, 4) is 0 Å². The molecule has 1 aromatic carbocycles. The molecule has 1 fully saturated rings. The number of amides is 1. The maximum absolute atomic E-state index is 12.2. The molecular formula is C13H16Cl2N2O. The smallest absolute Gasteiger partial charge is 0.244 e. The number of anilines is 1. The van der Waals surface area contributed by atoms with Gasteiger partial charge in [-0.1, -0.05) is 42.5 Å². The molecule has 3 N–H and O–H groups in total. The van der Waals surface area contributed by atoms with Crippen molar-refractivity contribution in [2.45, 2.75) is 37.6 Å². The molecule has 0 spiro atoms. The van der Waals surface area contributed by atoms with Crippen LogP contribution in [0.3, 0.4) is 0 Å². The minimum atomic E-state index is -0.746. The van der Waals surface area contributed by atoms with E-state index in [-0.39, 0.29) is 5.91 Å². The van der Waals surface area contributed by atoms with Gasteiger partial charge in [0.1, 0.15) is 0 Å². The van der Waals surface area contributed by atoms with Gasteiger partial charge in [-0.05, 0) is 31.0 Å². The van der Waals surface area contributed by atoms with Crippen LogP contribution in [0.5, 0.6) is 0 Å². The van der Waals surface area contributed by atoms with Crippen molar-refractivity contribution in [1.29, 1.82) is 0 Å². The highest BCUT2D eigenvalue weighted by Crippen LogP contribution is 2.29. The zero-order valence-corrected chi connectivity index (χ0v) is 11.5. The standard InChI is InChI=1S/C13H16Cl2N2O/c14-10-5-4-9(8-11(10)15)17-12(18)13(16)6-2-1-3-7-13/h4-5,8H,1-3,6-7,16H2,(H,17,18). The van der Waals surface area contributed by atoms with Crippen LogP contribution in [0.25, 0.3) is 0 Å². The van der Waals surface area contributed by atoms with Gasteiger partial charge in [0, 0.05) is 5.69 Å². The number of hydrogen-bond donors (Lipinski definition) is 2. The summed E-state index contributed by atoms with van der Waals surface area (Å²) in [5.74, 6) is -0.138. The van der Waals surface area contributed by atoms with Gasteiger partial charge in [-0.15, -0.1) is 0 Å². The highest BCUT2D eigenvalue weighted by Gasteiger charge is 2.35. The van der Waals surface area contributed by atoms with Crippen molar-refractivity contribution in [2.75, 3.05) is 5.32 Å². The first kappa shape index (κ1) is 13.7. The lowest BCUT2D eigenvalue weighted by Gasteiger charge is -2.31. The van der Waals surface area contributed by atoms with Crippen molar-refractivity contribution < 1.29 is 4.79 Å². The molecule has 0 saturated heterocycles. The Labute approximate surface area is 117 Å². The van der Waals surface area contributed by atoms with E-state index in [2.05, 4.69) is 5.32 Å². The molecule has 0 radical (unpaired) electrons. The van der Waals surface area contributed by atoms with Crippen LogP contribution in [0, 0.1) is 0 Å². The quantitative estimate of drug-likeness (QED) is 0.873. The van der Waals surface area contributed by atoms with Crippen molar-refractivity contribution in [1.82, 2.24) is 0 Å². The van der Waals surface area contributed by atoms with Crippen LogP contribution in [0.1, 0.15) is 32.1 Å². The summed E-state index contributed by atoms with van der Waals surface area (Å²) in [4.78, 5) is 12.2. The lowest BCUT2D eigenvalue weighted by Crippen LogP contribution is -2.52. The molecule has 98 valence electrons. The Hall–Kier alpha value is -0.770. The normalized spacial score (nSPS) is 18.4. The third-order valence-electron chi connectivity index (χ3n) is 3.38. The second-order valence-corrected chi connectivity index (χ2v) is 5.61. The SMILES string of the molecule is NC1(C(=O)Nc2ccc(Cl)c(Cl)c2)CCCCC1. The molecular weight excluding hydrogens is 271 g/mol. The summed E-state index contributed by atoms with van der Waals surface area (Å²) in [5.41, 5.74) is 6.03. The molecule has 1 aliphatic rings. The molecule has 5 heteroatoms. The monoisotopic (exact) mass is 286 g/mol. The van der Waals surface area contributed by atoms with Crippen LogP contribution >= 0.6 is 23.2 Å². The molecule has 18 heavy (non-hydrogen) atoms. The van der Waals surface area contributed by atoms with E-state index >= 15 is 0 Å². The molecule has 0 aromatic heterocycles. The Bertz CT molecular complexity index is 456. The molecule has 1 aromatic rings. The Balaban J connectivity index is 2.08. The third-order valence-corrected chi connectivity index (χ3v) is 4.11. The lowest BCUT2D eigenvalue weighted by atomic mass is 9.82. The Morgan fingerprint density at radius 3 is 2.44 bits per heavy atom. The fourth-order valence-corrected chi connectivity index (χ4v) is 2.54. The molecule has 0 unspecified atom stereocenters. The molecule has 1 aliphatic carbocycles. The van der Waals surface area contributed by atoms with E-state index in [1.54, 1.807) is 18.2 Å². The number of nitrogens with one attached hydrogen (secondary N) is 1. The number of rotatable bonds is 2. The Morgan fingerprint density at radius 1 is 1.17 bits per heavy atom. The maximum atomic E-state index is 12.2. The summed E-state index contributed by atoms with van der Waals surface area (Å²) in [6.45, 7) is 0. The van der Waals surface area contributed by atoms with Gasteiger partial charge >= 0.3 is 0 Å². The molecule has 1 saturated carbocycles. The average Bonchev–Trinajstić information content (AvgIpc) is 2.35. The first-order valence-electron chi connectivity index (χ1n) is 6.07. The summed E-state index contributed by atoms with van der Waals surface area (Å²) >= 11 is 11.7. The summed E-state index contributed by atoms with van der Waals surface area (Å²) in [6.07, 6.45) is 4.63. The minimum absolute atomic E-state index is 0.138. The van der Waals surface area contributed by atoms with Gasteiger partial charge < -0.3 is 11.1 Å². The van der Waals surface area contributed by atoms with E-state index in [0.717, 1.165) is 32.1 Å². The largest absolute Gasteiger partial charge is 0.324 e. The van der Waals surface area contributed by atoms with Gasteiger partial charge in [0.05, 0.1) is 15.6 Å².